The van der Waals surface area contributed by atoms with Gasteiger partial charge in [0.2, 0.25) is 11.6 Å². The van der Waals surface area contributed by atoms with Crippen LogP contribution in [0.1, 0.15) is 26.4 Å². The van der Waals surface area contributed by atoms with Crippen molar-refractivity contribution in [1.82, 2.24) is 4.98 Å². The van der Waals surface area contributed by atoms with Crippen LogP contribution >= 0.6 is 0 Å². The molecule has 0 unspecified atom stereocenters. The Kier molecular flexibility index (Phi) is 7.64. The highest BCUT2D eigenvalue weighted by Gasteiger charge is 2.36. The molecule has 16 heteroatoms. The molecule has 3 N–H and O–H groups in total. The van der Waals surface area contributed by atoms with Gasteiger partial charge in [-0.15, -0.1) is 13.2 Å². The fourth-order valence-corrected chi connectivity index (χ4v) is 3.00. The summed E-state index contributed by atoms with van der Waals surface area (Å²) in [5, 5.41) is 2.12. The minimum atomic E-state index is -5.30. The number of amides is 2. The Hall–Kier alpha value is -4.63. The van der Waals surface area contributed by atoms with Gasteiger partial charge in [-0.05, 0) is 36.4 Å². The normalized spacial score (nSPS) is 11.6. The number of pyridine rings is 1. The maximum absolute atomic E-state index is 14.8. The zero-order chi connectivity index (χ0) is 28.4. The summed E-state index contributed by atoms with van der Waals surface area (Å²) in [5.74, 6) is -10.2. The summed E-state index contributed by atoms with van der Waals surface area (Å²) in [4.78, 5) is 27.7. The standard InChI is InChI=1S/C22H13F8N3O5/c1-36-18-14(3-2-13(17(18)24)38-22(28,29)30)37-15-7-9(21(25,26)27)6-11(23)16(15)20(35)33-10-4-5-32-12(8-10)19(31)34/h2-8H,1H3,(H2,31,34)(H,32,33,35). The van der Waals surface area contributed by atoms with Gasteiger partial charge in [0.1, 0.15) is 22.8 Å². The number of carbonyl (C=O) groups excluding carboxylic acids is 2. The molecule has 2 aromatic carbocycles. The van der Waals surface area contributed by atoms with E-state index in [1.54, 1.807) is 0 Å². The van der Waals surface area contributed by atoms with E-state index >= 15 is 0 Å². The maximum Gasteiger partial charge on any atom is 0.573 e. The molecule has 38 heavy (non-hydrogen) atoms. The molecule has 2 amide bonds. The second kappa shape index (κ2) is 10.4. The van der Waals surface area contributed by atoms with Gasteiger partial charge in [-0.25, -0.2) is 4.39 Å². The van der Waals surface area contributed by atoms with Gasteiger partial charge >= 0.3 is 12.5 Å². The molecule has 1 aromatic heterocycles. The van der Waals surface area contributed by atoms with Gasteiger partial charge in [-0.2, -0.15) is 17.6 Å². The van der Waals surface area contributed by atoms with Crippen LogP contribution in [0, 0.1) is 11.6 Å². The predicted octanol–water partition coefficient (Wildman–Crippen LogP) is 5.43. The van der Waals surface area contributed by atoms with Crippen molar-refractivity contribution in [3.63, 3.8) is 0 Å². The minimum absolute atomic E-state index is 0.0127. The molecule has 1 heterocycles. The summed E-state index contributed by atoms with van der Waals surface area (Å²) in [6.45, 7) is 0. The highest BCUT2D eigenvalue weighted by molar-refractivity contribution is 6.07. The number of nitrogens with zero attached hydrogens (tertiary/aromatic N) is 1. The molecule has 8 nitrogen and oxygen atoms in total. The first-order valence-corrected chi connectivity index (χ1v) is 9.88. The molecule has 0 radical (unpaired) electrons. The predicted molar refractivity (Wildman–Crippen MR) is 112 cm³/mol. The zero-order valence-corrected chi connectivity index (χ0v) is 18.6. The molecule has 0 spiro atoms. The van der Waals surface area contributed by atoms with Gasteiger partial charge in [0.05, 0.1) is 12.7 Å². The summed E-state index contributed by atoms with van der Waals surface area (Å²) in [7, 11) is 0.794. The first-order valence-electron chi connectivity index (χ1n) is 9.88. The fourth-order valence-electron chi connectivity index (χ4n) is 3.00. The number of carbonyl (C=O) groups is 2. The van der Waals surface area contributed by atoms with E-state index in [1.807, 2.05) is 0 Å². The summed E-state index contributed by atoms with van der Waals surface area (Å²) in [6.07, 6.45) is -9.38. The number of benzene rings is 2. The first-order chi connectivity index (χ1) is 17.6. The van der Waals surface area contributed by atoms with Gasteiger partial charge in [-0.3, -0.25) is 14.6 Å². The molecule has 0 aliphatic heterocycles. The van der Waals surface area contributed by atoms with Gasteiger partial charge in [0, 0.05) is 11.9 Å². The third kappa shape index (κ3) is 6.37. The van der Waals surface area contributed by atoms with Gasteiger partial charge in [0.25, 0.3) is 11.8 Å². The van der Waals surface area contributed by atoms with E-state index in [2.05, 4.69) is 19.8 Å². The lowest BCUT2D eigenvalue weighted by Crippen LogP contribution is -2.19. The zero-order valence-electron chi connectivity index (χ0n) is 18.6. The number of nitrogens with two attached hydrogens (primary N) is 1. The number of hydrogen-bond acceptors (Lipinski definition) is 6. The molecule has 202 valence electrons. The number of nitrogens with one attached hydrogen (secondary N) is 1. The lowest BCUT2D eigenvalue weighted by Gasteiger charge is -2.18. The smallest absolute Gasteiger partial charge is 0.490 e. The Bertz CT molecular complexity index is 1390. The van der Waals surface area contributed by atoms with Gasteiger partial charge < -0.3 is 25.3 Å². The van der Waals surface area contributed by atoms with Gasteiger partial charge in [-0.1, -0.05) is 0 Å². The van der Waals surface area contributed by atoms with Crippen molar-refractivity contribution in [1.29, 1.82) is 0 Å². The molecule has 0 fully saturated rings. The summed E-state index contributed by atoms with van der Waals surface area (Å²) in [5.41, 5.74) is 1.88. The highest BCUT2D eigenvalue weighted by Crippen LogP contribution is 2.42. The number of primary amides is 1. The van der Waals surface area contributed by atoms with Crippen LogP contribution in [0.2, 0.25) is 0 Å². The minimum Gasteiger partial charge on any atom is -0.490 e. The summed E-state index contributed by atoms with van der Waals surface area (Å²) < 4.78 is 120. The molecule has 3 aromatic rings. The van der Waals surface area contributed by atoms with Crippen LogP contribution in [-0.4, -0.2) is 30.3 Å². The van der Waals surface area contributed by atoms with Crippen LogP contribution in [0.25, 0.3) is 0 Å². The average molecular weight is 551 g/mol. The van der Waals surface area contributed by atoms with E-state index in [-0.39, 0.29) is 23.5 Å². The van der Waals surface area contributed by atoms with Crippen molar-refractivity contribution >= 4 is 17.5 Å². The third-order valence-corrected chi connectivity index (χ3v) is 4.55. The number of anilines is 1. The van der Waals surface area contributed by atoms with E-state index in [1.165, 1.54) is 0 Å². The molecule has 0 saturated carbocycles. The van der Waals surface area contributed by atoms with E-state index < -0.39 is 70.1 Å². The monoisotopic (exact) mass is 551 g/mol. The Labute approximate surface area is 206 Å². The van der Waals surface area contributed by atoms with Gasteiger partial charge in [0.15, 0.2) is 11.5 Å². The van der Waals surface area contributed by atoms with Crippen molar-refractivity contribution in [2.24, 2.45) is 5.73 Å². The van der Waals surface area contributed by atoms with Crippen LogP contribution in [0.4, 0.5) is 40.8 Å². The number of methoxy groups -OCH3 is 1. The van der Waals surface area contributed by atoms with Crippen molar-refractivity contribution in [2.75, 3.05) is 12.4 Å². The van der Waals surface area contributed by atoms with E-state index in [4.69, 9.17) is 10.5 Å². The molecule has 3 rings (SSSR count). The van der Waals surface area contributed by atoms with Crippen LogP contribution in [0.5, 0.6) is 23.0 Å². The number of ether oxygens (including phenoxy) is 3. The molecule has 0 aliphatic rings. The number of hydrogen-bond donors (Lipinski definition) is 2. The van der Waals surface area contributed by atoms with Crippen LogP contribution in [-0.2, 0) is 6.18 Å². The fraction of sp³-hybridized carbons (Fsp3) is 0.136. The molecular weight excluding hydrogens is 538 g/mol. The summed E-state index contributed by atoms with van der Waals surface area (Å²) >= 11 is 0. The largest absolute Gasteiger partial charge is 0.573 e. The van der Waals surface area contributed by atoms with Crippen LogP contribution in [0.15, 0.2) is 42.6 Å². The Morgan fingerprint density at radius 1 is 0.947 bits per heavy atom. The number of aromatic nitrogens is 1. The lowest BCUT2D eigenvalue weighted by molar-refractivity contribution is -0.275. The first kappa shape index (κ1) is 27.9. The lowest BCUT2D eigenvalue weighted by atomic mass is 10.1. The topological polar surface area (TPSA) is 113 Å². The quantitative estimate of drug-likeness (QED) is 0.379. The van der Waals surface area contributed by atoms with E-state index in [0.717, 1.165) is 25.4 Å². The maximum atomic E-state index is 14.8. The van der Waals surface area contributed by atoms with Crippen molar-refractivity contribution in [3.8, 4) is 23.0 Å². The molecule has 0 atom stereocenters. The number of halogens is 8. The number of rotatable bonds is 7. The Balaban J connectivity index is 2.10. The summed E-state index contributed by atoms with van der Waals surface area (Å²) in [6, 6.07) is 3.38. The number of alkyl halides is 6. The van der Waals surface area contributed by atoms with E-state index in [0.29, 0.717) is 12.1 Å². The van der Waals surface area contributed by atoms with Crippen LogP contribution < -0.4 is 25.3 Å². The second-order valence-corrected chi connectivity index (χ2v) is 7.14. The molecular formula is C22H13F8N3O5. The van der Waals surface area contributed by atoms with Crippen molar-refractivity contribution < 1.29 is 58.9 Å². The van der Waals surface area contributed by atoms with E-state index in [9.17, 15) is 44.7 Å². The Morgan fingerprint density at radius 3 is 2.18 bits per heavy atom. The van der Waals surface area contributed by atoms with Crippen molar-refractivity contribution in [3.05, 3.63) is 71.1 Å². The molecule has 0 saturated heterocycles. The van der Waals surface area contributed by atoms with Crippen LogP contribution in [0.3, 0.4) is 0 Å². The molecule has 0 aliphatic carbocycles. The Morgan fingerprint density at radius 2 is 1.61 bits per heavy atom. The molecule has 0 bridgehead atoms. The third-order valence-electron chi connectivity index (χ3n) is 4.55. The van der Waals surface area contributed by atoms with Crippen molar-refractivity contribution in [2.45, 2.75) is 12.5 Å². The second-order valence-electron chi connectivity index (χ2n) is 7.14. The highest BCUT2D eigenvalue weighted by atomic mass is 19.4. The SMILES string of the molecule is COc1c(Oc2cc(C(F)(F)F)cc(F)c2C(=O)Nc2ccnc(C(N)=O)c2)ccc(OC(F)(F)F)c1F. The average Bonchev–Trinajstić information content (AvgIpc) is 2.79.